The number of benzene rings is 2. The molecule has 0 radical (unpaired) electrons. The highest BCUT2D eigenvalue weighted by Gasteiger charge is 2.22. The fourth-order valence-corrected chi connectivity index (χ4v) is 3.15. The van der Waals surface area contributed by atoms with E-state index < -0.39 is 4.92 Å². The van der Waals surface area contributed by atoms with E-state index in [0.717, 1.165) is 36.1 Å². The van der Waals surface area contributed by atoms with Crippen LogP contribution in [0, 0.1) is 10.1 Å². The lowest BCUT2D eigenvalue weighted by Crippen LogP contribution is -2.32. The topological polar surface area (TPSA) is 98.3 Å². The summed E-state index contributed by atoms with van der Waals surface area (Å²) in [6.07, 6.45) is 3.11. The van der Waals surface area contributed by atoms with Crippen molar-refractivity contribution in [1.29, 1.82) is 0 Å². The van der Waals surface area contributed by atoms with Crippen LogP contribution in [-0.4, -0.2) is 10.8 Å². The van der Waals surface area contributed by atoms with E-state index in [1.54, 1.807) is 12.1 Å². The fraction of sp³-hybridized carbons (Fsp3) is 0.278. The Bertz CT molecular complexity index is 778. The second-order valence-electron chi connectivity index (χ2n) is 6.07. The smallest absolute Gasteiger partial charge is 0.269 e. The van der Waals surface area contributed by atoms with Crippen LogP contribution in [0.3, 0.4) is 0 Å². The summed E-state index contributed by atoms with van der Waals surface area (Å²) < 4.78 is 0. The van der Waals surface area contributed by atoms with Crippen molar-refractivity contribution in [3.63, 3.8) is 0 Å². The molecule has 3 rings (SSSR count). The first-order valence-electron chi connectivity index (χ1n) is 7.94. The third-order valence-corrected chi connectivity index (χ3v) is 4.33. The van der Waals surface area contributed by atoms with Crippen LogP contribution in [0.15, 0.2) is 42.5 Å². The number of nitrogens with zero attached hydrogens (tertiary/aromatic N) is 1. The predicted molar refractivity (Wildman–Crippen MR) is 98.7 cm³/mol. The summed E-state index contributed by atoms with van der Waals surface area (Å²) in [4.78, 5) is 22.5. The van der Waals surface area contributed by atoms with Crippen LogP contribution in [0.4, 0.5) is 11.4 Å². The van der Waals surface area contributed by atoms with E-state index in [-0.39, 0.29) is 36.5 Å². The molecule has 7 heteroatoms. The van der Waals surface area contributed by atoms with Crippen molar-refractivity contribution in [2.24, 2.45) is 0 Å². The van der Waals surface area contributed by atoms with Gasteiger partial charge in [-0.05, 0) is 48.1 Å². The fourth-order valence-electron chi connectivity index (χ4n) is 3.15. The second-order valence-corrected chi connectivity index (χ2v) is 6.07. The number of nitrogens with two attached hydrogens (primary N) is 1. The van der Waals surface area contributed by atoms with Crippen LogP contribution >= 0.6 is 12.4 Å². The first kappa shape index (κ1) is 18.7. The van der Waals surface area contributed by atoms with Crippen LogP contribution in [0.1, 0.15) is 35.6 Å². The molecule has 25 heavy (non-hydrogen) atoms. The predicted octanol–water partition coefficient (Wildman–Crippen LogP) is 3.34. The summed E-state index contributed by atoms with van der Waals surface area (Å²) >= 11 is 0. The van der Waals surface area contributed by atoms with Gasteiger partial charge in [-0.25, -0.2) is 0 Å². The molecule has 0 bridgehead atoms. The molecule has 0 aliphatic heterocycles. The summed E-state index contributed by atoms with van der Waals surface area (Å²) in [5.41, 5.74) is 9.68. The summed E-state index contributed by atoms with van der Waals surface area (Å²) in [5, 5.41) is 13.7. The molecule has 3 N–H and O–H groups in total. The highest BCUT2D eigenvalue weighted by Crippen LogP contribution is 2.31. The molecule has 6 nitrogen and oxygen atoms in total. The minimum atomic E-state index is -0.450. The van der Waals surface area contributed by atoms with Gasteiger partial charge in [-0.2, -0.15) is 0 Å². The summed E-state index contributed by atoms with van der Waals surface area (Å²) in [6.45, 7) is 0. The number of carbonyl (C=O) groups is 1. The van der Waals surface area contributed by atoms with E-state index >= 15 is 0 Å². The maximum atomic E-state index is 12.3. The monoisotopic (exact) mass is 361 g/mol. The Balaban J connectivity index is 0.00000225. The quantitative estimate of drug-likeness (QED) is 0.495. The van der Waals surface area contributed by atoms with Gasteiger partial charge in [0, 0.05) is 17.8 Å². The van der Waals surface area contributed by atoms with Crippen LogP contribution in [0.2, 0.25) is 0 Å². The SMILES string of the molecule is Cl.Nc1ccc2c(c1)CCCC2NC(=O)Cc1ccc([N+](=O)[O-])cc1. The zero-order chi connectivity index (χ0) is 17.1. The molecule has 0 saturated heterocycles. The Morgan fingerprint density at radius 2 is 1.96 bits per heavy atom. The average molecular weight is 362 g/mol. The minimum Gasteiger partial charge on any atom is -0.399 e. The van der Waals surface area contributed by atoms with Crippen molar-refractivity contribution in [2.75, 3.05) is 5.73 Å². The number of nitrogens with one attached hydrogen (secondary N) is 1. The van der Waals surface area contributed by atoms with E-state index in [0.29, 0.717) is 0 Å². The molecule has 1 unspecified atom stereocenters. The van der Waals surface area contributed by atoms with Crippen LogP contribution in [0.25, 0.3) is 0 Å². The number of hydrogen-bond donors (Lipinski definition) is 2. The van der Waals surface area contributed by atoms with E-state index in [4.69, 9.17) is 5.73 Å². The van der Waals surface area contributed by atoms with Crippen LogP contribution < -0.4 is 11.1 Å². The number of aryl methyl sites for hydroxylation is 1. The number of nitro groups is 1. The lowest BCUT2D eigenvalue weighted by molar-refractivity contribution is -0.384. The number of hydrogen-bond acceptors (Lipinski definition) is 4. The van der Waals surface area contributed by atoms with E-state index in [2.05, 4.69) is 5.32 Å². The zero-order valence-corrected chi connectivity index (χ0v) is 14.4. The minimum absolute atomic E-state index is 0. The van der Waals surface area contributed by atoms with Gasteiger partial charge in [0.05, 0.1) is 17.4 Å². The van der Waals surface area contributed by atoms with Crippen molar-refractivity contribution in [3.8, 4) is 0 Å². The van der Waals surface area contributed by atoms with Gasteiger partial charge < -0.3 is 11.1 Å². The van der Waals surface area contributed by atoms with Crippen molar-refractivity contribution < 1.29 is 9.72 Å². The molecule has 132 valence electrons. The number of nitrogen functional groups attached to an aromatic ring is 1. The Kier molecular flexibility index (Phi) is 5.98. The molecule has 1 aliphatic carbocycles. The van der Waals surface area contributed by atoms with Crippen molar-refractivity contribution in [1.82, 2.24) is 5.32 Å². The van der Waals surface area contributed by atoms with Crippen molar-refractivity contribution in [2.45, 2.75) is 31.7 Å². The van der Waals surface area contributed by atoms with Gasteiger partial charge in [0.2, 0.25) is 5.91 Å². The molecule has 0 aromatic heterocycles. The number of nitro benzene ring substituents is 1. The molecule has 2 aromatic carbocycles. The molecule has 1 atom stereocenters. The van der Waals surface area contributed by atoms with Gasteiger partial charge in [0.25, 0.3) is 5.69 Å². The normalized spacial score (nSPS) is 15.6. The average Bonchev–Trinajstić information content (AvgIpc) is 2.55. The summed E-state index contributed by atoms with van der Waals surface area (Å²) in [5.74, 6) is -0.0847. The number of non-ortho nitro benzene ring substituents is 1. The molecular formula is C18H20ClN3O3. The van der Waals surface area contributed by atoms with Gasteiger partial charge in [0.1, 0.15) is 0 Å². The molecular weight excluding hydrogens is 342 g/mol. The third-order valence-electron chi connectivity index (χ3n) is 4.33. The van der Waals surface area contributed by atoms with Gasteiger partial charge in [-0.15, -0.1) is 12.4 Å². The largest absolute Gasteiger partial charge is 0.399 e. The highest BCUT2D eigenvalue weighted by atomic mass is 35.5. The molecule has 1 amide bonds. The molecule has 2 aromatic rings. The Morgan fingerprint density at radius 3 is 2.64 bits per heavy atom. The van der Waals surface area contributed by atoms with Crippen molar-refractivity contribution >= 4 is 29.7 Å². The molecule has 0 spiro atoms. The molecule has 0 fully saturated rings. The summed E-state index contributed by atoms with van der Waals surface area (Å²) in [7, 11) is 0. The maximum absolute atomic E-state index is 12.3. The first-order valence-corrected chi connectivity index (χ1v) is 7.94. The number of carbonyl (C=O) groups excluding carboxylic acids is 1. The van der Waals surface area contributed by atoms with Gasteiger partial charge in [0.15, 0.2) is 0 Å². The molecule has 1 aliphatic rings. The number of halogens is 1. The van der Waals surface area contributed by atoms with E-state index in [1.165, 1.54) is 17.7 Å². The number of fused-ring (bicyclic) bond motifs is 1. The van der Waals surface area contributed by atoms with Crippen LogP contribution in [0.5, 0.6) is 0 Å². The van der Waals surface area contributed by atoms with Gasteiger partial charge >= 0.3 is 0 Å². The number of amides is 1. The first-order chi connectivity index (χ1) is 11.5. The van der Waals surface area contributed by atoms with Crippen molar-refractivity contribution in [3.05, 3.63) is 69.3 Å². The van der Waals surface area contributed by atoms with Gasteiger partial charge in [-0.1, -0.05) is 18.2 Å². The standard InChI is InChI=1S/C18H19N3O3.ClH/c19-14-6-9-16-13(11-14)2-1-3-17(16)20-18(22)10-12-4-7-15(8-5-12)21(23)24;/h4-9,11,17H,1-3,10,19H2,(H,20,22);1H. The number of anilines is 1. The Morgan fingerprint density at radius 1 is 1.24 bits per heavy atom. The zero-order valence-electron chi connectivity index (χ0n) is 13.6. The molecule has 0 saturated carbocycles. The second kappa shape index (κ2) is 7.98. The molecule has 0 heterocycles. The Labute approximate surface area is 152 Å². The lowest BCUT2D eigenvalue weighted by Gasteiger charge is -2.26. The van der Waals surface area contributed by atoms with E-state index in [9.17, 15) is 14.9 Å². The number of rotatable bonds is 4. The summed E-state index contributed by atoms with van der Waals surface area (Å²) in [6, 6.07) is 11.9. The van der Waals surface area contributed by atoms with Gasteiger partial charge in [-0.3, -0.25) is 14.9 Å². The lowest BCUT2D eigenvalue weighted by atomic mass is 9.87. The Hall–Kier alpha value is -2.60. The van der Waals surface area contributed by atoms with E-state index in [1.807, 2.05) is 18.2 Å². The maximum Gasteiger partial charge on any atom is 0.269 e. The van der Waals surface area contributed by atoms with Crippen LogP contribution in [-0.2, 0) is 17.6 Å². The third kappa shape index (κ3) is 4.48. The highest BCUT2D eigenvalue weighted by molar-refractivity contribution is 5.85.